The number of hydrogen-bond acceptors (Lipinski definition) is 3. The summed E-state index contributed by atoms with van der Waals surface area (Å²) in [7, 11) is 0. The van der Waals surface area contributed by atoms with E-state index in [1.165, 1.54) is 11.5 Å². The lowest BCUT2D eigenvalue weighted by atomic mass is 10.1. The minimum absolute atomic E-state index is 0.0210. The van der Waals surface area contributed by atoms with Gasteiger partial charge >= 0.3 is 0 Å². The van der Waals surface area contributed by atoms with Crippen molar-refractivity contribution in [3.8, 4) is 5.69 Å². The van der Waals surface area contributed by atoms with Crippen molar-refractivity contribution in [3.63, 3.8) is 0 Å². The maximum Gasteiger partial charge on any atom is 0.273 e. The molecule has 0 bridgehead atoms. The first-order valence-corrected chi connectivity index (χ1v) is 7.32. The monoisotopic (exact) mass is 300 g/mol. The van der Waals surface area contributed by atoms with Crippen LogP contribution in [0.1, 0.15) is 5.56 Å². The quantitative estimate of drug-likeness (QED) is 0.757. The van der Waals surface area contributed by atoms with Gasteiger partial charge in [0.25, 0.3) is 5.56 Å². The van der Waals surface area contributed by atoms with Crippen LogP contribution in [0.5, 0.6) is 0 Å². The molecular formula is C15H12N2OS2. The summed E-state index contributed by atoms with van der Waals surface area (Å²) < 4.78 is 2.69. The average Bonchev–Trinajstić information content (AvgIpc) is 2.77. The summed E-state index contributed by atoms with van der Waals surface area (Å²) in [5.41, 5.74) is 7.46. The largest absolute Gasteiger partial charge is 0.393 e. The number of nitrogens with two attached hydrogens (primary N) is 1. The lowest BCUT2D eigenvalue weighted by Crippen LogP contribution is -2.12. The van der Waals surface area contributed by atoms with Crippen LogP contribution in [0.15, 0.2) is 53.3 Å². The van der Waals surface area contributed by atoms with E-state index in [9.17, 15) is 4.79 Å². The number of aromatic nitrogens is 1. The molecule has 2 N–H and O–H groups in total. The van der Waals surface area contributed by atoms with Crippen LogP contribution in [0.25, 0.3) is 15.8 Å². The molecule has 0 amide bonds. The van der Waals surface area contributed by atoms with Gasteiger partial charge in [-0.15, -0.1) is 0 Å². The summed E-state index contributed by atoms with van der Waals surface area (Å²) in [5.74, 6) is 0. The summed E-state index contributed by atoms with van der Waals surface area (Å²) in [6.07, 6.45) is 0.580. The van der Waals surface area contributed by atoms with Crippen LogP contribution in [-0.2, 0) is 6.42 Å². The van der Waals surface area contributed by atoms with Crippen molar-refractivity contribution < 1.29 is 0 Å². The standard InChI is InChI=1S/C15H12N2OS2/c16-14(19)9-10-5-7-11(8-6-10)17-15(18)12-3-1-2-4-13(12)20-17/h1-8H,9H2,(H2,16,19). The molecule has 1 aromatic heterocycles. The smallest absolute Gasteiger partial charge is 0.273 e. The zero-order valence-electron chi connectivity index (χ0n) is 10.6. The molecule has 100 valence electrons. The van der Waals surface area contributed by atoms with E-state index in [0.717, 1.165) is 21.3 Å². The van der Waals surface area contributed by atoms with E-state index in [4.69, 9.17) is 18.0 Å². The van der Waals surface area contributed by atoms with Gasteiger partial charge in [0.05, 0.1) is 20.8 Å². The lowest BCUT2D eigenvalue weighted by Gasteiger charge is -2.03. The van der Waals surface area contributed by atoms with E-state index >= 15 is 0 Å². The Kier molecular flexibility index (Phi) is 3.38. The summed E-state index contributed by atoms with van der Waals surface area (Å²) in [6, 6.07) is 15.4. The molecule has 2 aromatic carbocycles. The van der Waals surface area contributed by atoms with Gasteiger partial charge in [-0.2, -0.15) is 0 Å². The molecule has 0 atom stereocenters. The van der Waals surface area contributed by atoms with Crippen molar-refractivity contribution in [2.45, 2.75) is 6.42 Å². The Hall–Kier alpha value is -1.98. The highest BCUT2D eigenvalue weighted by Gasteiger charge is 2.08. The Morgan fingerprint density at radius 1 is 1.15 bits per heavy atom. The molecule has 0 spiro atoms. The first-order valence-electron chi connectivity index (χ1n) is 6.14. The first-order chi connectivity index (χ1) is 9.65. The molecule has 3 nitrogen and oxygen atoms in total. The van der Waals surface area contributed by atoms with Gasteiger partial charge in [0.1, 0.15) is 0 Å². The van der Waals surface area contributed by atoms with Gasteiger partial charge in [0, 0.05) is 6.42 Å². The van der Waals surface area contributed by atoms with Crippen LogP contribution in [-0.4, -0.2) is 8.95 Å². The zero-order chi connectivity index (χ0) is 14.1. The minimum atomic E-state index is 0.0210. The predicted molar refractivity (Wildman–Crippen MR) is 87.9 cm³/mol. The van der Waals surface area contributed by atoms with Gasteiger partial charge in [0.2, 0.25) is 0 Å². The molecule has 0 aliphatic carbocycles. The van der Waals surface area contributed by atoms with Crippen LogP contribution in [0.4, 0.5) is 0 Å². The third-order valence-electron chi connectivity index (χ3n) is 3.04. The van der Waals surface area contributed by atoms with Crippen molar-refractivity contribution in [2.24, 2.45) is 5.73 Å². The van der Waals surface area contributed by atoms with Crippen molar-refractivity contribution in [3.05, 3.63) is 64.4 Å². The highest BCUT2D eigenvalue weighted by molar-refractivity contribution is 7.80. The van der Waals surface area contributed by atoms with Crippen molar-refractivity contribution in [1.82, 2.24) is 3.96 Å². The molecule has 0 radical (unpaired) electrons. The number of fused-ring (bicyclic) bond motifs is 1. The molecule has 0 unspecified atom stereocenters. The lowest BCUT2D eigenvalue weighted by molar-refractivity contribution is 1.14. The van der Waals surface area contributed by atoms with E-state index in [-0.39, 0.29) is 5.56 Å². The second kappa shape index (κ2) is 5.19. The molecule has 3 aromatic rings. The second-order valence-corrected chi connectivity index (χ2v) is 6.01. The molecule has 0 fully saturated rings. The topological polar surface area (TPSA) is 48.0 Å². The second-order valence-electron chi connectivity index (χ2n) is 4.50. The van der Waals surface area contributed by atoms with E-state index < -0.39 is 0 Å². The number of hydrogen-bond donors (Lipinski definition) is 1. The maximum absolute atomic E-state index is 12.3. The van der Waals surface area contributed by atoms with Crippen LogP contribution < -0.4 is 11.3 Å². The van der Waals surface area contributed by atoms with E-state index in [0.29, 0.717) is 11.4 Å². The van der Waals surface area contributed by atoms with E-state index in [2.05, 4.69) is 0 Å². The Labute approximate surface area is 125 Å². The number of nitrogens with zero attached hydrogens (tertiary/aromatic N) is 1. The Morgan fingerprint density at radius 3 is 2.50 bits per heavy atom. The summed E-state index contributed by atoms with van der Waals surface area (Å²) in [5, 5.41) is 0.754. The van der Waals surface area contributed by atoms with Gasteiger partial charge < -0.3 is 5.73 Å². The molecular weight excluding hydrogens is 288 g/mol. The van der Waals surface area contributed by atoms with Gasteiger partial charge in [0.15, 0.2) is 0 Å². The third kappa shape index (κ3) is 2.37. The summed E-state index contributed by atoms with van der Waals surface area (Å²) >= 11 is 6.34. The zero-order valence-corrected chi connectivity index (χ0v) is 12.2. The van der Waals surface area contributed by atoms with Gasteiger partial charge in [-0.25, -0.2) is 3.96 Å². The molecule has 20 heavy (non-hydrogen) atoms. The molecule has 0 aliphatic heterocycles. The predicted octanol–water partition coefficient (Wildman–Crippen LogP) is 2.88. The average molecular weight is 300 g/mol. The van der Waals surface area contributed by atoms with Gasteiger partial charge in [-0.3, -0.25) is 4.79 Å². The SMILES string of the molecule is NC(=S)Cc1ccc(-n2sc3ccccc3c2=O)cc1. The molecule has 0 aliphatic rings. The fourth-order valence-electron chi connectivity index (χ4n) is 2.09. The minimum Gasteiger partial charge on any atom is -0.393 e. The van der Waals surface area contributed by atoms with Crippen molar-refractivity contribution >= 4 is 38.8 Å². The molecule has 1 heterocycles. The summed E-state index contributed by atoms with van der Waals surface area (Å²) in [4.78, 5) is 12.8. The van der Waals surface area contributed by atoms with Crippen LogP contribution in [0.3, 0.4) is 0 Å². The van der Waals surface area contributed by atoms with Gasteiger partial charge in [-0.05, 0) is 29.8 Å². The first kappa shape index (κ1) is 13.0. The molecule has 0 saturated carbocycles. The summed E-state index contributed by atoms with van der Waals surface area (Å²) in [6.45, 7) is 0. The van der Waals surface area contributed by atoms with E-state index in [1.54, 1.807) is 3.96 Å². The fraction of sp³-hybridized carbons (Fsp3) is 0.0667. The highest BCUT2D eigenvalue weighted by atomic mass is 32.1. The molecule has 5 heteroatoms. The molecule has 3 rings (SSSR count). The number of rotatable bonds is 3. The third-order valence-corrected chi connectivity index (χ3v) is 4.30. The van der Waals surface area contributed by atoms with Crippen molar-refractivity contribution in [1.29, 1.82) is 0 Å². The van der Waals surface area contributed by atoms with Crippen molar-refractivity contribution in [2.75, 3.05) is 0 Å². The van der Waals surface area contributed by atoms with Crippen LogP contribution in [0, 0.1) is 0 Å². The molecule has 0 saturated heterocycles. The van der Waals surface area contributed by atoms with Gasteiger partial charge in [-0.1, -0.05) is 48.0 Å². The van der Waals surface area contributed by atoms with E-state index in [1.807, 2.05) is 48.5 Å². The van der Waals surface area contributed by atoms with Crippen LogP contribution >= 0.6 is 23.8 Å². The Morgan fingerprint density at radius 2 is 1.85 bits per heavy atom. The normalized spacial score (nSPS) is 10.8. The number of thiocarbonyl (C=S) groups is 1. The van der Waals surface area contributed by atoms with Crippen LogP contribution in [0.2, 0.25) is 0 Å². The number of benzene rings is 2. The highest BCUT2D eigenvalue weighted by Crippen LogP contribution is 2.20. The Bertz CT molecular complexity index is 831. The maximum atomic E-state index is 12.3. The fourth-order valence-corrected chi connectivity index (χ4v) is 3.26. The Balaban J connectivity index is 2.05.